The Labute approximate surface area is 181 Å². The summed E-state index contributed by atoms with van der Waals surface area (Å²) < 4.78 is 42.5. The van der Waals surface area contributed by atoms with Crippen molar-refractivity contribution < 1.29 is 32.2 Å². The summed E-state index contributed by atoms with van der Waals surface area (Å²) in [6.07, 6.45) is 0. The number of rotatable bonds is 8. The molecule has 166 valence electrons. The molecule has 1 amide bonds. The molecule has 0 atom stereocenters. The molecule has 2 aromatic rings. The molecule has 0 spiro atoms. The van der Waals surface area contributed by atoms with Gasteiger partial charge in [0.15, 0.2) is 18.1 Å². The molecule has 9 nitrogen and oxygen atoms in total. The van der Waals surface area contributed by atoms with Crippen LogP contribution < -0.4 is 14.8 Å². The van der Waals surface area contributed by atoms with Gasteiger partial charge in [-0.25, -0.2) is 13.2 Å². The first-order chi connectivity index (χ1) is 14.8. The lowest BCUT2D eigenvalue weighted by Gasteiger charge is -2.19. The third kappa shape index (κ3) is 5.33. The van der Waals surface area contributed by atoms with E-state index in [-0.39, 0.29) is 10.5 Å². The van der Waals surface area contributed by atoms with Crippen LogP contribution in [0.25, 0.3) is 0 Å². The summed E-state index contributed by atoms with van der Waals surface area (Å²) in [4.78, 5) is 24.5. The average molecular weight is 448 g/mol. The van der Waals surface area contributed by atoms with Gasteiger partial charge in [0.1, 0.15) is 13.2 Å². The van der Waals surface area contributed by atoms with E-state index in [1.165, 1.54) is 28.6 Å². The van der Waals surface area contributed by atoms with Crippen LogP contribution in [-0.2, 0) is 19.6 Å². The van der Waals surface area contributed by atoms with Crippen molar-refractivity contribution in [1.82, 2.24) is 4.31 Å². The Morgan fingerprint density at radius 2 is 1.74 bits per heavy atom. The molecule has 3 rings (SSSR count). The Morgan fingerprint density at radius 1 is 1.03 bits per heavy atom. The lowest BCUT2D eigenvalue weighted by molar-refractivity contribution is -0.119. The van der Waals surface area contributed by atoms with E-state index in [0.29, 0.717) is 43.5 Å². The van der Waals surface area contributed by atoms with Crippen LogP contribution >= 0.6 is 0 Å². The average Bonchev–Trinajstić information content (AvgIpc) is 2.78. The highest BCUT2D eigenvalue weighted by Gasteiger charge is 2.23. The second-order valence-electron chi connectivity index (χ2n) is 6.60. The molecule has 0 aromatic heterocycles. The van der Waals surface area contributed by atoms with Crippen molar-refractivity contribution in [2.75, 3.05) is 38.2 Å². The maximum absolute atomic E-state index is 12.6. The zero-order valence-corrected chi connectivity index (χ0v) is 18.1. The van der Waals surface area contributed by atoms with Gasteiger partial charge in [-0.3, -0.25) is 4.79 Å². The van der Waals surface area contributed by atoms with Crippen molar-refractivity contribution in [2.24, 2.45) is 0 Å². The normalized spacial score (nSPS) is 13.0. The van der Waals surface area contributed by atoms with Gasteiger partial charge in [0.2, 0.25) is 10.0 Å². The predicted molar refractivity (Wildman–Crippen MR) is 113 cm³/mol. The number of amides is 1. The first-order valence-corrected chi connectivity index (χ1v) is 11.3. The SMILES string of the molecule is CCN(CC)S(=O)(=O)c1cccc(C(=O)OCC(=O)Nc2ccc3c(c2)OCCO3)c1. The van der Waals surface area contributed by atoms with Crippen LogP contribution in [0.3, 0.4) is 0 Å². The summed E-state index contributed by atoms with van der Waals surface area (Å²) >= 11 is 0. The number of sulfonamides is 1. The number of ether oxygens (including phenoxy) is 3. The number of carbonyl (C=O) groups is 2. The minimum atomic E-state index is -3.71. The number of hydrogen-bond donors (Lipinski definition) is 1. The number of benzene rings is 2. The molecule has 1 aliphatic heterocycles. The molecule has 0 fully saturated rings. The number of fused-ring (bicyclic) bond motifs is 1. The van der Waals surface area contributed by atoms with Gasteiger partial charge in [-0.2, -0.15) is 4.31 Å². The highest BCUT2D eigenvalue weighted by Crippen LogP contribution is 2.32. The van der Waals surface area contributed by atoms with E-state index in [9.17, 15) is 18.0 Å². The lowest BCUT2D eigenvalue weighted by Crippen LogP contribution is -2.30. The number of esters is 1. The molecule has 0 bridgehead atoms. The van der Waals surface area contributed by atoms with E-state index in [1.54, 1.807) is 32.0 Å². The maximum Gasteiger partial charge on any atom is 0.338 e. The Bertz CT molecular complexity index is 1070. The Balaban J connectivity index is 1.61. The zero-order chi connectivity index (χ0) is 22.4. The summed E-state index contributed by atoms with van der Waals surface area (Å²) in [5.41, 5.74) is 0.512. The molecule has 0 radical (unpaired) electrons. The topological polar surface area (TPSA) is 111 Å². The summed E-state index contributed by atoms with van der Waals surface area (Å²) in [6.45, 7) is 4.46. The van der Waals surface area contributed by atoms with Crippen LogP contribution in [0.1, 0.15) is 24.2 Å². The molecule has 10 heteroatoms. The summed E-state index contributed by atoms with van der Waals surface area (Å²) in [5, 5.41) is 2.61. The smallest absolute Gasteiger partial charge is 0.338 e. The molecule has 0 unspecified atom stereocenters. The van der Waals surface area contributed by atoms with Crippen LogP contribution in [0.5, 0.6) is 11.5 Å². The van der Waals surface area contributed by atoms with Crippen molar-refractivity contribution >= 4 is 27.6 Å². The standard InChI is InChI=1S/C21H24N2O7S/c1-3-23(4-2)31(26,27)17-7-5-6-15(12-17)21(25)30-14-20(24)22-16-8-9-18-19(13-16)29-11-10-28-18/h5-9,12-13H,3-4,10-11,14H2,1-2H3,(H,22,24). The maximum atomic E-state index is 12.6. The van der Waals surface area contributed by atoms with Crippen molar-refractivity contribution in [3.63, 3.8) is 0 Å². The van der Waals surface area contributed by atoms with Crippen LogP contribution in [0.4, 0.5) is 5.69 Å². The number of nitrogens with zero attached hydrogens (tertiary/aromatic N) is 1. The highest BCUT2D eigenvalue weighted by atomic mass is 32.2. The molecule has 0 saturated heterocycles. The number of anilines is 1. The van der Waals surface area contributed by atoms with Gasteiger partial charge < -0.3 is 19.5 Å². The fourth-order valence-corrected chi connectivity index (χ4v) is 4.53. The Hall–Kier alpha value is -3.11. The molecule has 31 heavy (non-hydrogen) atoms. The largest absolute Gasteiger partial charge is 0.486 e. The van der Waals surface area contributed by atoms with Crippen molar-refractivity contribution in [2.45, 2.75) is 18.7 Å². The third-order valence-corrected chi connectivity index (χ3v) is 6.62. The highest BCUT2D eigenvalue weighted by molar-refractivity contribution is 7.89. The van der Waals surface area contributed by atoms with E-state index in [2.05, 4.69) is 5.32 Å². The minimum absolute atomic E-state index is 0.00798. The third-order valence-electron chi connectivity index (χ3n) is 4.57. The van der Waals surface area contributed by atoms with Gasteiger partial charge in [-0.15, -0.1) is 0 Å². The fraction of sp³-hybridized carbons (Fsp3) is 0.333. The first kappa shape index (κ1) is 22.6. The van der Waals surface area contributed by atoms with E-state index >= 15 is 0 Å². The van der Waals surface area contributed by atoms with Gasteiger partial charge in [-0.1, -0.05) is 19.9 Å². The molecule has 1 heterocycles. The number of nitrogens with one attached hydrogen (secondary N) is 1. The lowest BCUT2D eigenvalue weighted by atomic mass is 10.2. The summed E-state index contributed by atoms with van der Waals surface area (Å²) in [5.74, 6) is -0.228. The zero-order valence-electron chi connectivity index (χ0n) is 17.3. The Kier molecular flexibility index (Phi) is 7.13. The number of carbonyl (C=O) groups excluding carboxylic acids is 2. The quantitative estimate of drug-likeness (QED) is 0.617. The summed E-state index contributed by atoms with van der Waals surface area (Å²) in [7, 11) is -3.71. The Morgan fingerprint density at radius 3 is 2.45 bits per heavy atom. The predicted octanol–water partition coefficient (Wildman–Crippen LogP) is 2.28. The molecular formula is C21H24N2O7S. The second-order valence-corrected chi connectivity index (χ2v) is 8.54. The first-order valence-electron chi connectivity index (χ1n) is 9.82. The van der Waals surface area contributed by atoms with Crippen LogP contribution in [0.15, 0.2) is 47.4 Å². The molecule has 2 aromatic carbocycles. The van der Waals surface area contributed by atoms with Crippen LogP contribution in [-0.4, -0.2) is 57.5 Å². The molecular weight excluding hydrogens is 424 g/mol. The minimum Gasteiger partial charge on any atom is -0.486 e. The van der Waals surface area contributed by atoms with Crippen molar-refractivity contribution in [3.8, 4) is 11.5 Å². The van der Waals surface area contributed by atoms with Crippen molar-refractivity contribution in [3.05, 3.63) is 48.0 Å². The molecule has 1 N–H and O–H groups in total. The van der Waals surface area contributed by atoms with E-state index in [0.717, 1.165) is 0 Å². The monoisotopic (exact) mass is 448 g/mol. The van der Waals surface area contributed by atoms with Gasteiger partial charge in [-0.05, 0) is 30.3 Å². The van der Waals surface area contributed by atoms with Crippen LogP contribution in [0.2, 0.25) is 0 Å². The van der Waals surface area contributed by atoms with Gasteiger partial charge in [0.25, 0.3) is 5.91 Å². The van der Waals surface area contributed by atoms with E-state index in [4.69, 9.17) is 14.2 Å². The van der Waals surface area contributed by atoms with Gasteiger partial charge in [0.05, 0.1) is 10.5 Å². The second kappa shape index (κ2) is 9.80. The summed E-state index contributed by atoms with van der Waals surface area (Å²) in [6, 6.07) is 10.5. The fourth-order valence-electron chi connectivity index (χ4n) is 3.03. The molecule has 0 aliphatic carbocycles. The van der Waals surface area contributed by atoms with Crippen LogP contribution in [0, 0.1) is 0 Å². The van der Waals surface area contributed by atoms with Gasteiger partial charge in [0, 0.05) is 24.8 Å². The van der Waals surface area contributed by atoms with Gasteiger partial charge >= 0.3 is 5.97 Å². The van der Waals surface area contributed by atoms with E-state index < -0.39 is 28.5 Å². The molecule has 1 aliphatic rings. The van der Waals surface area contributed by atoms with Crippen molar-refractivity contribution in [1.29, 1.82) is 0 Å². The molecule has 0 saturated carbocycles. The number of hydrogen-bond acceptors (Lipinski definition) is 7. The van der Waals surface area contributed by atoms with E-state index in [1.807, 2.05) is 0 Å².